The van der Waals surface area contributed by atoms with Crippen molar-refractivity contribution in [2.45, 2.75) is 25.4 Å². The highest BCUT2D eigenvalue weighted by molar-refractivity contribution is 5.78. The number of piperidine rings is 1. The summed E-state index contributed by atoms with van der Waals surface area (Å²) in [6.45, 7) is 1.23. The minimum atomic E-state index is -0.355. The smallest absolute Gasteiger partial charge is 0.227 e. The maximum atomic E-state index is 11.9. The van der Waals surface area contributed by atoms with Crippen molar-refractivity contribution < 1.29 is 9.90 Å². The second kappa shape index (κ2) is 5.07. The molecular formula is C12H16N2O2. The average Bonchev–Trinajstić information content (AvgIpc) is 2.30. The molecule has 4 heteroatoms. The molecule has 1 aromatic rings. The SMILES string of the molecule is O=C(Cc1cccnc1)N1CCC[C@@H](O)C1. The van der Waals surface area contributed by atoms with Crippen LogP contribution in [0.2, 0.25) is 0 Å². The minimum absolute atomic E-state index is 0.0757. The Morgan fingerprint density at radius 3 is 3.19 bits per heavy atom. The van der Waals surface area contributed by atoms with Gasteiger partial charge >= 0.3 is 0 Å². The predicted octanol–water partition coefficient (Wildman–Crippen LogP) is 0.607. The molecule has 1 aliphatic rings. The van der Waals surface area contributed by atoms with Crippen LogP contribution < -0.4 is 0 Å². The van der Waals surface area contributed by atoms with Gasteiger partial charge in [0.15, 0.2) is 0 Å². The maximum Gasteiger partial charge on any atom is 0.227 e. The van der Waals surface area contributed by atoms with Gasteiger partial charge in [0.05, 0.1) is 12.5 Å². The van der Waals surface area contributed by atoms with Gasteiger partial charge in [0.25, 0.3) is 0 Å². The summed E-state index contributed by atoms with van der Waals surface area (Å²) in [6, 6.07) is 3.72. The average molecular weight is 220 g/mol. The molecule has 1 fully saturated rings. The van der Waals surface area contributed by atoms with Crippen molar-refractivity contribution in [2.24, 2.45) is 0 Å². The maximum absolute atomic E-state index is 11.9. The van der Waals surface area contributed by atoms with E-state index in [-0.39, 0.29) is 12.0 Å². The number of amides is 1. The number of β-amino-alcohol motifs (C(OH)–C–C–N with tert-alkyl or cyclic N) is 1. The van der Waals surface area contributed by atoms with E-state index in [1.165, 1.54) is 0 Å². The Kier molecular flexibility index (Phi) is 3.51. The lowest BCUT2D eigenvalue weighted by molar-refractivity contribution is -0.133. The van der Waals surface area contributed by atoms with Crippen LogP contribution in [0.15, 0.2) is 24.5 Å². The molecule has 1 aliphatic heterocycles. The summed E-state index contributed by atoms with van der Waals surface area (Å²) in [6.07, 6.45) is 5.11. The molecule has 4 nitrogen and oxygen atoms in total. The van der Waals surface area contributed by atoms with Gasteiger partial charge in [0.1, 0.15) is 0 Å². The second-order valence-electron chi connectivity index (χ2n) is 4.17. The number of hydrogen-bond donors (Lipinski definition) is 1. The summed E-state index contributed by atoms with van der Waals surface area (Å²) in [5, 5.41) is 9.49. The zero-order valence-corrected chi connectivity index (χ0v) is 9.17. The Labute approximate surface area is 94.9 Å². The van der Waals surface area contributed by atoms with E-state index in [4.69, 9.17) is 0 Å². The van der Waals surface area contributed by atoms with E-state index in [1.54, 1.807) is 17.3 Å². The van der Waals surface area contributed by atoms with Gasteiger partial charge in [-0.05, 0) is 24.5 Å². The van der Waals surface area contributed by atoms with Crippen LogP contribution in [0, 0.1) is 0 Å². The molecule has 86 valence electrons. The third kappa shape index (κ3) is 2.79. The van der Waals surface area contributed by atoms with Crippen molar-refractivity contribution in [1.29, 1.82) is 0 Å². The first kappa shape index (κ1) is 11.1. The van der Waals surface area contributed by atoms with Gasteiger partial charge in [-0.2, -0.15) is 0 Å². The summed E-state index contributed by atoms with van der Waals surface area (Å²) in [7, 11) is 0. The molecule has 0 aliphatic carbocycles. The van der Waals surface area contributed by atoms with Crippen LogP contribution >= 0.6 is 0 Å². The van der Waals surface area contributed by atoms with Gasteiger partial charge in [-0.25, -0.2) is 0 Å². The first-order chi connectivity index (χ1) is 7.75. The van der Waals surface area contributed by atoms with Crippen molar-refractivity contribution in [3.63, 3.8) is 0 Å². The minimum Gasteiger partial charge on any atom is -0.391 e. The number of nitrogens with zero attached hydrogens (tertiary/aromatic N) is 2. The number of aromatic nitrogens is 1. The second-order valence-corrected chi connectivity index (χ2v) is 4.17. The van der Waals surface area contributed by atoms with Crippen LogP contribution in [0.25, 0.3) is 0 Å². The Morgan fingerprint density at radius 1 is 1.62 bits per heavy atom. The number of aliphatic hydroxyl groups is 1. The van der Waals surface area contributed by atoms with Crippen LogP contribution in [0.1, 0.15) is 18.4 Å². The highest BCUT2D eigenvalue weighted by Gasteiger charge is 2.21. The largest absolute Gasteiger partial charge is 0.391 e. The first-order valence-electron chi connectivity index (χ1n) is 5.60. The fourth-order valence-corrected chi connectivity index (χ4v) is 1.97. The standard InChI is InChI=1S/C12H16N2O2/c15-11-4-2-6-14(9-11)12(16)7-10-3-1-5-13-8-10/h1,3,5,8,11,15H,2,4,6-7,9H2/t11-/m1/s1. The van der Waals surface area contributed by atoms with Gasteiger partial charge in [-0.3, -0.25) is 9.78 Å². The van der Waals surface area contributed by atoms with Crippen LogP contribution in [-0.2, 0) is 11.2 Å². The van der Waals surface area contributed by atoms with E-state index in [1.807, 2.05) is 12.1 Å². The normalized spacial score (nSPS) is 20.8. The number of rotatable bonds is 2. The number of aliphatic hydroxyl groups excluding tert-OH is 1. The third-order valence-corrected chi connectivity index (χ3v) is 2.83. The van der Waals surface area contributed by atoms with Crippen LogP contribution in [-0.4, -0.2) is 40.1 Å². The van der Waals surface area contributed by atoms with Crippen molar-refractivity contribution >= 4 is 5.91 Å². The predicted molar refractivity (Wildman–Crippen MR) is 59.8 cm³/mol. The summed E-state index contributed by atoms with van der Waals surface area (Å²) in [4.78, 5) is 17.6. The quantitative estimate of drug-likeness (QED) is 0.794. The molecule has 16 heavy (non-hydrogen) atoms. The summed E-state index contributed by atoms with van der Waals surface area (Å²) >= 11 is 0. The van der Waals surface area contributed by atoms with Crippen molar-refractivity contribution in [1.82, 2.24) is 9.88 Å². The number of likely N-dealkylation sites (tertiary alicyclic amines) is 1. The lowest BCUT2D eigenvalue weighted by atomic mass is 10.1. The molecule has 0 unspecified atom stereocenters. The monoisotopic (exact) mass is 220 g/mol. The van der Waals surface area contributed by atoms with Gasteiger partial charge in [-0.15, -0.1) is 0 Å². The topological polar surface area (TPSA) is 53.4 Å². The Bertz CT molecular complexity index is 353. The number of carbonyl (C=O) groups is 1. The first-order valence-corrected chi connectivity index (χ1v) is 5.60. The highest BCUT2D eigenvalue weighted by atomic mass is 16.3. The van der Waals surface area contributed by atoms with Crippen LogP contribution in [0.5, 0.6) is 0 Å². The molecule has 0 aromatic carbocycles. The zero-order chi connectivity index (χ0) is 11.4. The van der Waals surface area contributed by atoms with E-state index >= 15 is 0 Å². The molecule has 0 radical (unpaired) electrons. The van der Waals surface area contributed by atoms with Gasteiger partial charge < -0.3 is 10.0 Å². The molecule has 0 bridgehead atoms. The number of hydrogen-bond acceptors (Lipinski definition) is 3. The third-order valence-electron chi connectivity index (χ3n) is 2.83. The van der Waals surface area contributed by atoms with Gasteiger partial charge in [-0.1, -0.05) is 6.07 Å². The van der Waals surface area contributed by atoms with Crippen LogP contribution in [0.3, 0.4) is 0 Å². The van der Waals surface area contributed by atoms with E-state index in [0.29, 0.717) is 13.0 Å². The van der Waals surface area contributed by atoms with Gasteiger partial charge in [0, 0.05) is 25.5 Å². The molecule has 1 saturated heterocycles. The van der Waals surface area contributed by atoms with E-state index in [2.05, 4.69) is 4.98 Å². The van der Waals surface area contributed by atoms with Crippen molar-refractivity contribution in [2.75, 3.05) is 13.1 Å². The Morgan fingerprint density at radius 2 is 2.50 bits per heavy atom. The van der Waals surface area contributed by atoms with Gasteiger partial charge in [0.2, 0.25) is 5.91 Å². The molecule has 0 spiro atoms. The van der Waals surface area contributed by atoms with Crippen molar-refractivity contribution in [3.05, 3.63) is 30.1 Å². The van der Waals surface area contributed by atoms with E-state index in [0.717, 1.165) is 24.9 Å². The molecule has 1 amide bonds. The zero-order valence-electron chi connectivity index (χ0n) is 9.17. The highest BCUT2D eigenvalue weighted by Crippen LogP contribution is 2.11. The lowest BCUT2D eigenvalue weighted by Crippen LogP contribution is -2.42. The van der Waals surface area contributed by atoms with Crippen molar-refractivity contribution in [3.8, 4) is 0 Å². The fraction of sp³-hybridized carbons (Fsp3) is 0.500. The summed E-state index contributed by atoms with van der Waals surface area (Å²) in [5.41, 5.74) is 0.924. The molecule has 0 saturated carbocycles. The van der Waals surface area contributed by atoms with Crippen LogP contribution in [0.4, 0.5) is 0 Å². The Balaban J connectivity index is 1.93. The number of pyridine rings is 1. The summed E-state index contributed by atoms with van der Waals surface area (Å²) in [5.74, 6) is 0.0757. The van der Waals surface area contributed by atoms with E-state index in [9.17, 15) is 9.90 Å². The lowest BCUT2D eigenvalue weighted by Gasteiger charge is -2.30. The molecule has 1 aromatic heterocycles. The fourth-order valence-electron chi connectivity index (χ4n) is 1.97. The van der Waals surface area contributed by atoms with E-state index < -0.39 is 0 Å². The molecule has 1 N–H and O–H groups in total. The Hall–Kier alpha value is -1.42. The molecule has 2 rings (SSSR count). The number of carbonyl (C=O) groups excluding carboxylic acids is 1. The summed E-state index contributed by atoms with van der Waals surface area (Å²) < 4.78 is 0. The molecule has 2 heterocycles. The molecular weight excluding hydrogens is 204 g/mol. The molecule has 1 atom stereocenters.